The van der Waals surface area contributed by atoms with Crippen LogP contribution in [0.4, 0.5) is 0 Å². The molecule has 0 saturated heterocycles. The van der Waals surface area contributed by atoms with Crippen LogP contribution in [0.5, 0.6) is 0 Å². The number of fused-ring (bicyclic) bond motifs is 9. The number of hydrogen-bond acceptors (Lipinski definition) is 8. The first-order valence-corrected chi connectivity index (χ1v) is 20.3. The zero-order valence-electron chi connectivity index (χ0n) is 30.0. The third-order valence-electron chi connectivity index (χ3n) is 10.6. The molecule has 0 bridgehead atoms. The van der Waals surface area contributed by atoms with E-state index in [1.807, 2.05) is 66.7 Å². The van der Waals surface area contributed by atoms with E-state index in [1.54, 1.807) is 22.7 Å². The van der Waals surface area contributed by atoms with Crippen LogP contribution in [0.2, 0.25) is 0 Å². The van der Waals surface area contributed by atoms with Crippen LogP contribution >= 0.6 is 22.7 Å². The van der Waals surface area contributed by atoms with Crippen LogP contribution in [0.25, 0.3) is 119 Å². The molecular formula is C49H27N5OS2. The fourth-order valence-electron chi connectivity index (χ4n) is 7.78. The molecule has 0 saturated carbocycles. The van der Waals surface area contributed by atoms with E-state index in [0.29, 0.717) is 28.9 Å². The van der Waals surface area contributed by atoms with Crippen LogP contribution in [0.1, 0.15) is 0 Å². The maximum Gasteiger partial charge on any atom is 0.180 e. The number of para-hydroxylation sites is 1. The first-order chi connectivity index (χ1) is 28.2. The lowest BCUT2D eigenvalue weighted by molar-refractivity contribution is 0.667. The molecule has 0 fully saturated rings. The van der Waals surface area contributed by atoms with Gasteiger partial charge in [-0.05, 0) is 48.5 Å². The van der Waals surface area contributed by atoms with E-state index in [-0.39, 0.29) is 0 Å². The molecule has 0 unspecified atom stereocenters. The lowest BCUT2D eigenvalue weighted by Gasteiger charge is -2.09. The number of furan rings is 1. The Morgan fingerprint density at radius 3 is 1.56 bits per heavy atom. The molecule has 8 heteroatoms. The molecule has 7 aromatic carbocycles. The van der Waals surface area contributed by atoms with E-state index in [4.69, 9.17) is 29.3 Å². The van der Waals surface area contributed by atoms with Gasteiger partial charge in [-0.15, -0.1) is 22.7 Å². The first-order valence-electron chi connectivity index (χ1n) is 18.7. The van der Waals surface area contributed by atoms with E-state index >= 15 is 0 Å². The second kappa shape index (κ2) is 12.7. The largest absolute Gasteiger partial charge is 0.452 e. The summed E-state index contributed by atoms with van der Waals surface area (Å²) in [6, 6.07) is 56.5. The minimum absolute atomic E-state index is 0.635. The van der Waals surface area contributed by atoms with Crippen LogP contribution in [-0.4, -0.2) is 24.9 Å². The van der Waals surface area contributed by atoms with E-state index in [0.717, 1.165) is 65.5 Å². The summed E-state index contributed by atoms with van der Waals surface area (Å²) in [6.07, 6.45) is 0. The summed E-state index contributed by atoms with van der Waals surface area (Å²) in [5.74, 6) is 2.59. The highest BCUT2D eigenvalue weighted by Gasteiger charge is 2.20. The number of hydrogen-bond donors (Lipinski definition) is 0. The van der Waals surface area contributed by atoms with Gasteiger partial charge in [0.1, 0.15) is 16.8 Å². The van der Waals surface area contributed by atoms with Crippen molar-refractivity contribution in [3.8, 4) is 56.8 Å². The van der Waals surface area contributed by atoms with Gasteiger partial charge in [0.15, 0.2) is 28.9 Å². The van der Waals surface area contributed by atoms with E-state index in [9.17, 15) is 0 Å². The van der Waals surface area contributed by atoms with Gasteiger partial charge in [-0.25, -0.2) is 24.9 Å². The highest BCUT2D eigenvalue weighted by atomic mass is 32.1. The molecule has 6 nitrogen and oxygen atoms in total. The molecular weight excluding hydrogens is 739 g/mol. The Hall–Kier alpha value is -7.13. The van der Waals surface area contributed by atoms with Crippen molar-refractivity contribution in [1.29, 1.82) is 0 Å². The van der Waals surface area contributed by atoms with Crippen LogP contribution < -0.4 is 0 Å². The predicted molar refractivity (Wildman–Crippen MR) is 236 cm³/mol. The molecule has 5 aromatic heterocycles. The Balaban J connectivity index is 0.984. The molecule has 266 valence electrons. The van der Waals surface area contributed by atoms with Crippen LogP contribution in [0, 0.1) is 0 Å². The summed E-state index contributed by atoms with van der Waals surface area (Å²) in [5, 5.41) is 5.79. The maximum absolute atomic E-state index is 6.34. The molecule has 57 heavy (non-hydrogen) atoms. The fourth-order valence-corrected chi connectivity index (χ4v) is 10.1. The SMILES string of the molecule is c1ccc(-c2nc(-c3ccc4c(c3)sc3ccccc34)nc(-c3ccc4sc5cc(-c6nc(-c7ccccc7)c7oc8ccccc8c7n6)ccc5c4c3)n2)cc1. The minimum atomic E-state index is 0.635. The van der Waals surface area contributed by atoms with Gasteiger partial charge in [0, 0.05) is 73.5 Å². The highest BCUT2D eigenvalue weighted by Crippen LogP contribution is 2.41. The van der Waals surface area contributed by atoms with Crippen LogP contribution in [-0.2, 0) is 0 Å². The molecule has 0 N–H and O–H groups in total. The zero-order chi connectivity index (χ0) is 37.5. The Morgan fingerprint density at radius 1 is 0.333 bits per heavy atom. The second-order valence-electron chi connectivity index (χ2n) is 14.0. The number of rotatable bonds is 5. The quantitative estimate of drug-likeness (QED) is 0.174. The van der Waals surface area contributed by atoms with Crippen LogP contribution in [0.3, 0.4) is 0 Å². The Bertz CT molecular complexity index is 3540. The van der Waals surface area contributed by atoms with Gasteiger partial charge in [0.05, 0.1) is 0 Å². The molecule has 0 aliphatic carbocycles. The smallest absolute Gasteiger partial charge is 0.180 e. The predicted octanol–water partition coefficient (Wildman–Crippen LogP) is 13.6. The van der Waals surface area contributed by atoms with Gasteiger partial charge in [0.25, 0.3) is 0 Å². The van der Waals surface area contributed by atoms with E-state index in [2.05, 4.69) is 97.1 Å². The lowest BCUT2D eigenvalue weighted by atomic mass is 10.1. The Morgan fingerprint density at radius 2 is 0.842 bits per heavy atom. The fraction of sp³-hybridized carbons (Fsp3) is 0. The van der Waals surface area contributed by atoms with Crippen molar-refractivity contribution in [2.75, 3.05) is 0 Å². The number of thiophene rings is 2. The van der Waals surface area contributed by atoms with Crippen molar-refractivity contribution in [1.82, 2.24) is 24.9 Å². The van der Waals surface area contributed by atoms with Crippen molar-refractivity contribution < 1.29 is 4.42 Å². The topological polar surface area (TPSA) is 77.6 Å². The summed E-state index contributed by atoms with van der Waals surface area (Å²) in [5.41, 5.74) is 7.85. The molecule has 5 heterocycles. The van der Waals surface area contributed by atoms with Gasteiger partial charge >= 0.3 is 0 Å². The summed E-state index contributed by atoms with van der Waals surface area (Å²) in [6.45, 7) is 0. The third kappa shape index (κ3) is 5.33. The summed E-state index contributed by atoms with van der Waals surface area (Å²) in [4.78, 5) is 25.4. The standard InChI is InChI=1S/C49H27N5OS2/c1-3-11-28(12-4-1)43-45-44(36-16-7-9-17-38(36)55-45)51-47(50-43)31-20-23-35-37-25-30(21-24-40(37)57-42(35)26-31)48-52-46(29-13-5-2-6-14-29)53-49(54-48)32-19-22-34-33-15-8-10-18-39(33)56-41(34)27-32/h1-27H. The molecule has 0 spiro atoms. The van der Waals surface area contributed by atoms with Crippen molar-refractivity contribution >= 4 is 85.1 Å². The maximum atomic E-state index is 6.34. The second-order valence-corrected chi connectivity index (χ2v) is 16.2. The van der Waals surface area contributed by atoms with E-state index in [1.165, 1.54) is 24.9 Å². The Kier molecular flexibility index (Phi) is 7.17. The van der Waals surface area contributed by atoms with Crippen molar-refractivity contribution in [2.45, 2.75) is 0 Å². The van der Waals surface area contributed by atoms with Gasteiger partial charge in [0.2, 0.25) is 0 Å². The highest BCUT2D eigenvalue weighted by molar-refractivity contribution is 7.26. The van der Waals surface area contributed by atoms with Gasteiger partial charge in [-0.3, -0.25) is 0 Å². The number of aromatic nitrogens is 5. The lowest BCUT2D eigenvalue weighted by Crippen LogP contribution is -2.00. The molecule has 0 aliphatic heterocycles. The Labute approximate surface area is 333 Å². The van der Waals surface area contributed by atoms with Crippen molar-refractivity contribution in [2.24, 2.45) is 0 Å². The normalized spacial score (nSPS) is 11.9. The first kappa shape index (κ1) is 32.1. The van der Waals surface area contributed by atoms with Crippen molar-refractivity contribution in [3.05, 3.63) is 164 Å². The van der Waals surface area contributed by atoms with Gasteiger partial charge in [-0.2, -0.15) is 0 Å². The molecule has 0 radical (unpaired) electrons. The van der Waals surface area contributed by atoms with E-state index < -0.39 is 0 Å². The molecule has 12 rings (SSSR count). The summed E-state index contributed by atoms with van der Waals surface area (Å²) in [7, 11) is 0. The summed E-state index contributed by atoms with van der Waals surface area (Å²) >= 11 is 3.55. The monoisotopic (exact) mass is 765 g/mol. The van der Waals surface area contributed by atoms with Crippen molar-refractivity contribution in [3.63, 3.8) is 0 Å². The average molecular weight is 766 g/mol. The third-order valence-corrected chi connectivity index (χ3v) is 12.8. The van der Waals surface area contributed by atoms with Crippen LogP contribution in [0.15, 0.2) is 168 Å². The zero-order valence-corrected chi connectivity index (χ0v) is 31.7. The number of benzene rings is 7. The summed E-state index contributed by atoms with van der Waals surface area (Å²) < 4.78 is 11.2. The minimum Gasteiger partial charge on any atom is -0.452 e. The average Bonchev–Trinajstić information content (AvgIpc) is 3.97. The molecule has 12 aromatic rings. The molecule has 0 amide bonds. The van der Waals surface area contributed by atoms with Gasteiger partial charge in [-0.1, -0.05) is 115 Å². The number of nitrogens with zero attached hydrogens (tertiary/aromatic N) is 5. The molecule has 0 aliphatic rings. The van der Waals surface area contributed by atoms with Gasteiger partial charge < -0.3 is 4.42 Å². The molecule has 0 atom stereocenters.